The fourth-order valence-electron chi connectivity index (χ4n) is 4.15. The SMILES string of the molecule is Cn1cccc1Cc1c(O)c(C2=NS(=O)(=O)c3cc(NS(C)(=O)=O)ccc3N2)c(=O)n2ccccc12. The van der Waals surface area contributed by atoms with Gasteiger partial charge in [-0.15, -0.1) is 4.40 Å². The summed E-state index contributed by atoms with van der Waals surface area (Å²) in [4.78, 5) is 13.1. The van der Waals surface area contributed by atoms with Gasteiger partial charge in [0.1, 0.15) is 16.2 Å². The van der Waals surface area contributed by atoms with E-state index in [9.17, 15) is 26.7 Å². The zero-order chi connectivity index (χ0) is 25.8. The molecule has 0 radical (unpaired) electrons. The lowest BCUT2D eigenvalue weighted by molar-refractivity contribution is 0.466. The van der Waals surface area contributed by atoms with Crippen LogP contribution in [0.2, 0.25) is 0 Å². The Morgan fingerprint density at radius 3 is 2.58 bits per heavy atom. The first kappa shape index (κ1) is 23.6. The van der Waals surface area contributed by atoms with E-state index >= 15 is 0 Å². The van der Waals surface area contributed by atoms with Crippen LogP contribution in [0.25, 0.3) is 5.52 Å². The van der Waals surface area contributed by atoms with Crippen molar-refractivity contribution in [1.82, 2.24) is 8.97 Å². The lowest BCUT2D eigenvalue weighted by Gasteiger charge is -2.21. The predicted octanol–water partition coefficient (Wildman–Crippen LogP) is 1.87. The second-order valence-corrected chi connectivity index (χ2v) is 11.7. The smallest absolute Gasteiger partial charge is 0.286 e. The van der Waals surface area contributed by atoms with E-state index < -0.39 is 25.6 Å². The molecule has 0 amide bonds. The van der Waals surface area contributed by atoms with Crippen molar-refractivity contribution in [3.63, 3.8) is 0 Å². The standard InChI is InChI=1S/C23H21N5O6S2/c1-27-10-5-6-15(27)13-16-18-7-3-4-11-28(18)23(30)20(21(16)29)22-24-17-9-8-14(25-35(2,31)32)12-19(17)36(33,34)26-22/h3-12,25,29H,13H2,1-2H3,(H,24,26). The number of aromatic hydroxyl groups is 1. The summed E-state index contributed by atoms with van der Waals surface area (Å²) >= 11 is 0. The molecule has 0 unspecified atom stereocenters. The van der Waals surface area contributed by atoms with Crippen molar-refractivity contribution in [2.75, 3.05) is 16.3 Å². The first-order valence-corrected chi connectivity index (χ1v) is 14.0. The van der Waals surface area contributed by atoms with Crippen LogP contribution in [-0.4, -0.2) is 43.0 Å². The van der Waals surface area contributed by atoms with Crippen LogP contribution in [0.4, 0.5) is 11.4 Å². The lowest BCUT2D eigenvalue weighted by atomic mass is 10.0. The minimum atomic E-state index is -4.35. The fraction of sp³-hybridized carbons (Fsp3) is 0.130. The Morgan fingerprint density at radius 1 is 1.11 bits per heavy atom. The highest BCUT2D eigenvalue weighted by molar-refractivity contribution is 7.92. The molecule has 1 aliphatic heterocycles. The van der Waals surface area contributed by atoms with Crippen LogP contribution in [0.5, 0.6) is 5.75 Å². The number of amidine groups is 1. The van der Waals surface area contributed by atoms with Gasteiger partial charge in [-0.25, -0.2) is 8.42 Å². The van der Waals surface area contributed by atoms with Gasteiger partial charge in [0.15, 0.2) is 5.84 Å². The van der Waals surface area contributed by atoms with Crippen LogP contribution in [0, 0.1) is 0 Å². The third kappa shape index (κ3) is 4.12. The van der Waals surface area contributed by atoms with E-state index in [-0.39, 0.29) is 39.8 Å². The summed E-state index contributed by atoms with van der Waals surface area (Å²) in [6, 6.07) is 12.7. The molecule has 0 saturated heterocycles. The first-order valence-electron chi connectivity index (χ1n) is 10.6. The summed E-state index contributed by atoms with van der Waals surface area (Å²) in [5.74, 6) is -0.715. The first-order chi connectivity index (χ1) is 16.9. The van der Waals surface area contributed by atoms with E-state index in [4.69, 9.17) is 0 Å². The maximum absolute atomic E-state index is 13.4. The van der Waals surface area contributed by atoms with Gasteiger partial charge in [-0.2, -0.15) is 8.42 Å². The zero-order valence-electron chi connectivity index (χ0n) is 19.1. The molecule has 0 saturated carbocycles. The number of hydrogen-bond donors (Lipinski definition) is 3. The van der Waals surface area contributed by atoms with Crippen molar-refractivity contribution in [1.29, 1.82) is 0 Å². The third-order valence-electron chi connectivity index (χ3n) is 5.80. The number of anilines is 2. The van der Waals surface area contributed by atoms with E-state index in [0.29, 0.717) is 11.1 Å². The van der Waals surface area contributed by atoms with Crippen LogP contribution in [0.1, 0.15) is 16.8 Å². The Hall–Kier alpha value is -4.10. The number of aryl methyl sites for hydroxylation is 1. The van der Waals surface area contributed by atoms with Crippen LogP contribution < -0.4 is 15.6 Å². The average molecular weight is 528 g/mol. The highest BCUT2D eigenvalue weighted by Crippen LogP contribution is 2.34. The molecule has 1 aliphatic rings. The average Bonchev–Trinajstić information content (AvgIpc) is 3.20. The summed E-state index contributed by atoms with van der Waals surface area (Å²) in [6.07, 6.45) is 4.60. The van der Waals surface area contributed by atoms with Crippen LogP contribution in [-0.2, 0) is 33.5 Å². The highest BCUT2D eigenvalue weighted by atomic mass is 32.2. The number of fused-ring (bicyclic) bond motifs is 2. The number of pyridine rings is 2. The minimum Gasteiger partial charge on any atom is -0.507 e. The monoisotopic (exact) mass is 527 g/mol. The Bertz CT molecular complexity index is 1850. The largest absolute Gasteiger partial charge is 0.507 e. The number of benzene rings is 1. The van der Waals surface area contributed by atoms with Gasteiger partial charge in [0.05, 0.1) is 17.5 Å². The number of sulfonamides is 2. The Balaban J connectivity index is 1.69. The van der Waals surface area contributed by atoms with Gasteiger partial charge >= 0.3 is 0 Å². The molecule has 3 N–H and O–H groups in total. The molecular weight excluding hydrogens is 506 g/mol. The molecule has 5 rings (SSSR count). The van der Waals surface area contributed by atoms with Crippen LogP contribution in [0.3, 0.4) is 0 Å². The van der Waals surface area contributed by atoms with Gasteiger partial charge in [-0.05, 0) is 42.5 Å². The second-order valence-electron chi connectivity index (χ2n) is 8.38. The van der Waals surface area contributed by atoms with Crippen molar-refractivity contribution >= 4 is 42.8 Å². The summed E-state index contributed by atoms with van der Waals surface area (Å²) < 4.78 is 58.4. The van der Waals surface area contributed by atoms with E-state index in [1.54, 1.807) is 18.2 Å². The van der Waals surface area contributed by atoms with Gasteiger partial charge in [-0.1, -0.05) is 6.07 Å². The number of aromatic nitrogens is 2. The van der Waals surface area contributed by atoms with Gasteiger partial charge < -0.3 is 15.0 Å². The molecule has 0 spiro atoms. The van der Waals surface area contributed by atoms with E-state index in [1.807, 2.05) is 29.9 Å². The summed E-state index contributed by atoms with van der Waals surface area (Å²) in [7, 11) is -6.13. The third-order valence-corrected chi connectivity index (χ3v) is 7.72. The summed E-state index contributed by atoms with van der Waals surface area (Å²) in [5.41, 5.74) is 0.935. The topological polar surface area (TPSA) is 151 Å². The van der Waals surface area contributed by atoms with E-state index in [1.165, 1.54) is 22.7 Å². The number of nitrogens with zero attached hydrogens (tertiary/aromatic N) is 3. The quantitative estimate of drug-likeness (QED) is 0.358. The second kappa shape index (κ2) is 8.24. The van der Waals surface area contributed by atoms with E-state index in [0.717, 1.165) is 18.0 Å². The predicted molar refractivity (Wildman–Crippen MR) is 136 cm³/mol. The molecule has 0 bridgehead atoms. The van der Waals surface area contributed by atoms with Gasteiger partial charge in [0, 0.05) is 42.8 Å². The van der Waals surface area contributed by atoms with Crippen molar-refractivity contribution < 1.29 is 21.9 Å². The molecule has 0 atom stereocenters. The molecule has 4 heterocycles. The maximum Gasteiger partial charge on any atom is 0.286 e. The van der Waals surface area contributed by atoms with Crippen molar-refractivity contribution in [2.24, 2.45) is 11.4 Å². The van der Waals surface area contributed by atoms with Crippen molar-refractivity contribution in [3.05, 3.63) is 88.1 Å². The van der Waals surface area contributed by atoms with Crippen LogP contribution >= 0.6 is 0 Å². The molecule has 36 heavy (non-hydrogen) atoms. The zero-order valence-corrected chi connectivity index (χ0v) is 20.8. The minimum absolute atomic E-state index is 0.0405. The highest BCUT2D eigenvalue weighted by Gasteiger charge is 2.30. The molecule has 11 nitrogen and oxygen atoms in total. The van der Waals surface area contributed by atoms with Gasteiger partial charge in [-0.3, -0.25) is 13.9 Å². The summed E-state index contributed by atoms with van der Waals surface area (Å²) in [5, 5.41) is 14.1. The Kier molecular flexibility index (Phi) is 5.41. The normalized spacial score (nSPS) is 14.7. The molecule has 0 fully saturated rings. The van der Waals surface area contributed by atoms with Crippen molar-refractivity contribution in [3.8, 4) is 5.75 Å². The van der Waals surface area contributed by atoms with E-state index in [2.05, 4.69) is 14.4 Å². The Morgan fingerprint density at radius 2 is 1.89 bits per heavy atom. The molecule has 3 aromatic heterocycles. The number of nitrogens with one attached hydrogen (secondary N) is 2. The van der Waals surface area contributed by atoms with Gasteiger partial charge in [0.2, 0.25) is 10.0 Å². The molecule has 1 aromatic carbocycles. The Labute approximate surface area is 206 Å². The molecule has 186 valence electrons. The molecular formula is C23H21N5O6S2. The van der Waals surface area contributed by atoms with Gasteiger partial charge in [0.25, 0.3) is 15.6 Å². The maximum atomic E-state index is 13.4. The van der Waals surface area contributed by atoms with Crippen LogP contribution in [0.15, 0.2) is 75.0 Å². The number of hydrogen-bond acceptors (Lipinski definition) is 7. The molecule has 4 aromatic rings. The molecule has 0 aliphatic carbocycles. The summed E-state index contributed by atoms with van der Waals surface area (Å²) in [6.45, 7) is 0. The fourth-order valence-corrected chi connectivity index (χ4v) is 5.86. The lowest BCUT2D eigenvalue weighted by Crippen LogP contribution is -2.31. The number of rotatable bonds is 5. The van der Waals surface area contributed by atoms with Crippen molar-refractivity contribution in [2.45, 2.75) is 11.3 Å². The molecule has 13 heteroatoms.